The van der Waals surface area contributed by atoms with Crippen molar-refractivity contribution in [1.82, 2.24) is 113 Å². The molecule has 14 aromatic heterocycles. The molecule has 2 aliphatic rings. The second-order valence-electron chi connectivity index (χ2n) is 26.7. The molecule has 2 fully saturated rings. The van der Waals surface area contributed by atoms with E-state index >= 15 is 0 Å². The fourth-order valence-corrected chi connectivity index (χ4v) is 11.9. The SMILES string of the molecule is C.CC.CC(I)(I)I.CC(I)I.CCI.CI.COC(=O)Cc1ccc(OC)c2ncnn12.COc1ccc(CC(C)C#N)n2ncnc12.COc1ccc(CC(C)C(N)=O)n2ncnc12.COc1ccc(CC2CC(=O)NC2=O)n2ncnc12.COc1ccc(CC=O)n2ncnc12.COc1ccc(CCO)n2ncnc12.C[CH-]I.O=C1CC(Cc2ccc(O)c3ncnn23)C(=O)N1.[V]. The van der Waals surface area contributed by atoms with Crippen molar-refractivity contribution in [3.05, 3.63) is 174 Å². The predicted octanol–water partition coefficient (Wildman–Crippen LogP) is 13.6. The molecule has 16 rings (SSSR count). The molecule has 0 aromatic carbocycles. The monoisotopic (exact) mass is 2800 g/mol. The van der Waals surface area contributed by atoms with E-state index in [0.29, 0.717) is 118 Å². The Morgan fingerprint density at radius 3 is 1.10 bits per heavy atom. The number of aromatic hydroxyl groups is 1. The van der Waals surface area contributed by atoms with Crippen LogP contribution in [0, 0.1) is 39.4 Å². The van der Waals surface area contributed by atoms with Gasteiger partial charge in [-0.25, -0.2) is 66.5 Å². The minimum absolute atomic E-state index is 0. The van der Waals surface area contributed by atoms with Gasteiger partial charge < -0.3 is 76.5 Å². The van der Waals surface area contributed by atoms with Gasteiger partial charge in [0.1, 0.15) is 50.0 Å². The maximum Gasteiger partial charge on any atom is 0.311 e. The molecule has 4 atom stereocenters. The van der Waals surface area contributed by atoms with E-state index in [1.54, 1.807) is 113 Å². The van der Waals surface area contributed by atoms with Gasteiger partial charge in [-0.05, 0) is 115 Å². The van der Waals surface area contributed by atoms with Crippen molar-refractivity contribution in [3.63, 3.8) is 0 Å². The number of nitriles is 1. The van der Waals surface area contributed by atoms with Crippen LogP contribution in [0.3, 0.4) is 0 Å². The van der Waals surface area contributed by atoms with Crippen LogP contribution in [-0.2, 0) is 102 Å². The van der Waals surface area contributed by atoms with E-state index in [2.05, 4.69) is 294 Å². The van der Waals surface area contributed by atoms with Crippen LogP contribution in [0.15, 0.2) is 129 Å². The van der Waals surface area contributed by atoms with E-state index in [0.717, 1.165) is 42.4 Å². The van der Waals surface area contributed by atoms with Gasteiger partial charge in [-0.15, -0.1) is 0 Å². The zero-order chi connectivity index (χ0) is 99.0. The van der Waals surface area contributed by atoms with Crippen molar-refractivity contribution in [2.75, 3.05) is 65.7 Å². The summed E-state index contributed by atoms with van der Waals surface area (Å²) in [4.78, 5) is 108. The van der Waals surface area contributed by atoms with Gasteiger partial charge in [0.05, 0.1) is 87.4 Å². The number of nitrogens with two attached hydrogens (primary N) is 1. The molecule has 5 amide bonds. The van der Waals surface area contributed by atoms with Crippen molar-refractivity contribution in [3.8, 4) is 46.3 Å². The number of aliphatic hydroxyl groups is 1. The number of pyridine rings is 7. The summed E-state index contributed by atoms with van der Waals surface area (Å²) in [6.07, 6.45) is 14.3. The van der Waals surface area contributed by atoms with Crippen LogP contribution in [0.2, 0.25) is 0 Å². The standard InChI is InChI=1S/C12H12N4O3.C11H10N4O3.C11H14N4O2.C11H12N4O.C10H11N3O3.C9H11N3O2.C9H9N3O2.C2H3I3.C2H4I2.C2H5I.C2H4I.C2H6.CH3I.CH4.V/c1-19-9-3-2-8(16-11(9)13-6-14-16)4-7-5-10(17)15-12(7)18;16-8-2-1-7(15-10(8)12-5-13-15)3-6-4-9(17)14-11(6)18;1-7(10(12)16)5-8-3-4-9(17-2)11-13-6-14-15(8)11;1-8(6-12)5-9-3-4-10(16-2)11-13-7-14-15(9)11;1-15-8-4-3-7(5-9(14)16-2)13-10(8)11-6-12-13;2*1-14-8-3-2-7(4-5-13)12-9(8)10-6-11-12;1-2(3,4)5;1-2(3)4;2*1-2-3;2*1-2;;/h2-3,6-7H,4-5H2,1H3,(H,15,17,18);1-2,5-6,16H,3-4H2,(H,14,17,18);3-4,6-7H,5H2,1-2H3,(H2,12,16);3-4,7-8H,5H2,1-2H3;3-4,6H,5H2,1-2H3;2-3,6,13H,4-5H2,1H3;2-3,5-6H,4H2,1H3;1H3;2H,1H3;2H2,1H3;2H,1H3;1-2H3;1H3;1H4;/q;;;;;;;;;;-1;;;;. The fourth-order valence-electron chi connectivity index (χ4n) is 11.9. The number of carbonyl (C=O) groups excluding carboxylic acids is 7. The molecule has 50 heteroatoms. The summed E-state index contributed by atoms with van der Waals surface area (Å²) in [6, 6.07) is 27.2. The number of aldehydes is 1. The third-order valence-corrected chi connectivity index (χ3v) is 17.6. The molecule has 2 saturated heterocycles. The first kappa shape index (κ1) is 123. The van der Waals surface area contributed by atoms with E-state index in [-0.39, 0.29) is 117 Å². The molecule has 0 saturated carbocycles. The number of carbonyl (C=O) groups is 7. The number of alkyl halides is 7. The molecule has 135 heavy (non-hydrogen) atoms. The summed E-state index contributed by atoms with van der Waals surface area (Å²) in [5.41, 5.74) is 15.2. The summed E-state index contributed by atoms with van der Waals surface area (Å²) in [5, 5.41) is 60.3. The molecule has 0 spiro atoms. The van der Waals surface area contributed by atoms with Crippen molar-refractivity contribution >= 4 is 262 Å². The van der Waals surface area contributed by atoms with Crippen LogP contribution in [0.1, 0.15) is 116 Å². The van der Waals surface area contributed by atoms with Gasteiger partial charge in [-0.3, -0.25) is 43.8 Å². The zero-order valence-corrected chi connectivity index (χ0v) is 94.6. The van der Waals surface area contributed by atoms with Gasteiger partial charge in [0.2, 0.25) is 29.5 Å². The summed E-state index contributed by atoms with van der Waals surface area (Å²) in [7, 11) is 10.8. The predicted molar refractivity (Wildman–Crippen MR) is 573 cm³/mol. The van der Waals surface area contributed by atoms with E-state index in [1.807, 2.05) is 79.5 Å². The average Bonchev–Trinajstić information content (AvgIpc) is 1.69. The molecule has 6 N–H and O–H groups in total. The number of hydrogen-bond acceptors (Lipinski definition) is 31. The van der Waals surface area contributed by atoms with E-state index in [4.69, 9.17) is 44.5 Å². The number of fused-ring (bicyclic) bond motifs is 7. The van der Waals surface area contributed by atoms with Gasteiger partial charge >= 0.3 is 5.97 Å². The first-order valence-corrected chi connectivity index (χ1v) is 50.7. The number of hydrogen-bond donors (Lipinski definition) is 5. The Hall–Kier alpha value is -8.30. The molecule has 16 heterocycles. The maximum atomic E-state index is 11.6. The number of halogens is 8. The fraction of sp³-hybridized carbons (Fsp3) is 0.400. The van der Waals surface area contributed by atoms with Crippen LogP contribution >= 0.6 is 181 Å². The molecule has 0 aliphatic carbocycles. The summed E-state index contributed by atoms with van der Waals surface area (Å²) in [5.74, 6) is 1.33. The molecular weight excluding hydrogens is 2690 g/mol. The van der Waals surface area contributed by atoms with E-state index in [1.165, 1.54) is 66.4 Å². The number of nitrogens with one attached hydrogen (secondary N) is 2. The molecule has 14 aromatic rings. The van der Waals surface area contributed by atoms with Crippen LogP contribution in [0.25, 0.3) is 39.5 Å². The van der Waals surface area contributed by atoms with Gasteiger partial charge in [-0.2, -0.15) is 47.9 Å². The number of aromatic nitrogens is 21. The number of esters is 1. The first-order chi connectivity index (χ1) is 63.8. The van der Waals surface area contributed by atoms with Crippen LogP contribution in [-0.4, -0.2) is 221 Å². The third kappa shape index (κ3) is 38.8. The minimum Gasteiger partial charge on any atom is -0.504 e. The summed E-state index contributed by atoms with van der Waals surface area (Å²) >= 11 is 18.3. The normalized spacial score (nSPS) is 12.8. The number of primary amides is 1. The second-order valence-corrected chi connectivity index (χ2v) is 48.3. The van der Waals surface area contributed by atoms with E-state index < -0.39 is 0 Å². The number of methoxy groups -OCH3 is 7. The third-order valence-electron chi connectivity index (χ3n) is 17.6. The number of amides is 5. The molecule has 0 bridgehead atoms. The number of nitrogens with zero attached hydrogens (tertiary/aromatic N) is 22. The van der Waals surface area contributed by atoms with E-state index in [9.17, 15) is 38.7 Å². The Balaban J connectivity index is 0.000000516. The van der Waals surface area contributed by atoms with Gasteiger partial charge in [0.25, 0.3) is 0 Å². The molecule has 2 aliphatic heterocycles. The molecule has 731 valence electrons. The molecule has 4 unspecified atom stereocenters. The largest absolute Gasteiger partial charge is 0.504 e. The van der Waals surface area contributed by atoms with Crippen LogP contribution in [0.4, 0.5) is 0 Å². The number of ether oxygens (including phenoxy) is 7. The van der Waals surface area contributed by atoms with Gasteiger partial charge in [0, 0.05) is 117 Å². The summed E-state index contributed by atoms with van der Waals surface area (Å²) < 4.78 is 51.2. The average molecular weight is 2800 g/mol. The Morgan fingerprint density at radius 1 is 0.541 bits per heavy atom. The quantitative estimate of drug-likeness (QED) is 0.0111. The Kier molecular flexibility index (Phi) is 59.6. The number of aliphatic hydroxyl groups excluding tert-OH is 1. The van der Waals surface area contributed by atoms with Crippen molar-refractivity contribution < 1.29 is 95.5 Å². The topological polar surface area (TPSA) is 510 Å². The van der Waals surface area contributed by atoms with Gasteiger partial charge in [0.15, 0.2) is 79.8 Å². The smallest absolute Gasteiger partial charge is 0.311 e. The molecule has 1 radical (unpaired) electrons. The Labute approximate surface area is 902 Å². The van der Waals surface area contributed by atoms with Crippen LogP contribution in [0.5, 0.6) is 40.2 Å². The Bertz CT molecular complexity index is 6040. The maximum absolute atomic E-state index is 11.6. The minimum atomic E-state index is -0.380. The van der Waals surface area contributed by atoms with Crippen molar-refractivity contribution in [1.29, 1.82) is 5.26 Å². The summed E-state index contributed by atoms with van der Waals surface area (Å²) in [6.45, 7) is 16.2. The Morgan fingerprint density at radius 2 is 0.807 bits per heavy atom. The molecular formula is C85H108I8N25O16V-. The van der Waals surface area contributed by atoms with Crippen LogP contribution < -0.4 is 44.8 Å². The second kappa shape index (κ2) is 65.5. The van der Waals surface area contributed by atoms with Crippen molar-refractivity contribution in [2.24, 2.45) is 29.4 Å². The molecule has 41 nitrogen and oxygen atoms in total. The first-order valence-electron chi connectivity index (χ1n) is 40.1. The zero-order valence-electron chi connectivity index (χ0n) is 75.9. The van der Waals surface area contributed by atoms with Gasteiger partial charge in [-0.1, -0.05) is 193 Å². The van der Waals surface area contributed by atoms with Crippen molar-refractivity contribution in [2.45, 2.75) is 122 Å². The number of imide groups is 2. The number of rotatable bonds is 21.